The average molecular weight is 382 g/mol. The van der Waals surface area contributed by atoms with E-state index in [0.717, 1.165) is 9.52 Å². The number of hydrogen-bond donors (Lipinski definition) is 0. The molecule has 1 aromatic heterocycles. The summed E-state index contributed by atoms with van der Waals surface area (Å²) in [6, 6.07) is 1.91. The van der Waals surface area contributed by atoms with Crippen molar-refractivity contribution < 1.29 is 8.42 Å². The van der Waals surface area contributed by atoms with Crippen LogP contribution in [0.5, 0.6) is 0 Å². The van der Waals surface area contributed by atoms with Crippen LogP contribution in [0, 0.1) is 3.70 Å². The Balaban J connectivity index is 2.03. The van der Waals surface area contributed by atoms with Gasteiger partial charge in [0.15, 0.2) is 0 Å². The lowest BCUT2D eigenvalue weighted by Gasteiger charge is -2.34. The largest absolute Gasteiger partial charge is 0.354 e. The van der Waals surface area contributed by atoms with E-state index in [1.165, 1.54) is 6.33 Å². The Labute approximate surface area is 121 Å². The molecule has 0 radical (unpaired) electrons. The molecule has 0 saturated carbocycles. The van der Waals surface area contributed by atoms with E-state index in [2.05, 4.69) is 37.5 Å². The average Bonchev–Trinajstić information content (AvgIpc) is 2.39. The third kappa shape index (κ3) is 3.09. The molecule has 0 spiro atoms. The van der Waals surface area contributed by atoms with E-state index in [0.29, 0.717) is 26.2 Å². The van der Waals surface area contributed by atoms with Crippen molar-refractivity contribution in [2.45, 2.75) is 6.92 Å². The van der Waals surface area contributed by atoms with Crippen molar-refractivity contribution in [3.63, 3.8) is 0 Å². The zero-order valence-electron chi connectivity index (χ0n) is 10.1. The van der Waals surface area contributed by atoms with Gasteiger partial charge in [-0.1, -0.05) is 0 Å². The van der Waals surface area contributed by atoms with Gasteiger partial charge in [-0.2, -0.15) is 4.31 Å². The van der Waals surface area contributed by atoms with Crippen LogP contribution >= 0.6 is 22.6 Å². The van der Waals surface area contributed by atoms with Crippen molar-refractivity contribution in [2.75, 3.05) is 36.8 Å². The van der Waals surface area contributed by atoms with Crippen molar-refractivity contribution >= 4 is 38.4 Å². The van der Waals surface area contributed by atoms with Gasteiger partial charge >= 0.3 is 0 Å². The van der Waals surface area contributed by atoms with E-state index in [-0.39, 0.29) is 5.75 Å². The number of anilines is 1. The Hall–Kier alpha value is -0.480. The molecule has 18 heavy (non-hydrogen) atoms. The fourth-order valence-corrected chi connectivity index (χ4v) is 3.36. The van der Waals surface area contributed by atoms with E-state index in [9.17, 15) is 8.42 Å². The molecule has 8 heteroatoms. The molecule has 0 aliphatic carbocycles. The Morgan fingerprint density at radius 3 is 2.50 bits per heavy atom. The molecule has 100 valence electrons. The van der Waals surface area contributed by atoms with Crippen LogP contribution in [0.2, 0.25) is 0 Å². The number of aromatic nitrogens is 2. The van der Waals surface area contributed by atoms with Gasteiger partial charge in [0, 0.05) is 32.2 Å². The lowest BCUT2D eigenvalue weighted by atomic mass is 10.3. The van der Waals surface area contributed by atoms with E-state index in [4.69, 9.17) is 0 Å². The third-order valence-electron chi connectivity index (χ3n) is 2.94. The highest BCUT2D eigenvalue weighted by Gasteiger charge is 2.25. The fourth-order valence-electron chi connectivity index (χ4n) is 1.88. The van der Waals surface area contributed by atoms with Crippen LogP contribution in [-0.4, -0.2) is 54.6 Å². The first-order valence-electron chi connectivity index (χ1n) is 5.73. The predicted molar refractivity (Wildman–Crippen MR) is 78.0 cm³/mol. The van der Waals surface area contributed by atoms with Crippen LogP contribution in [0.25, 0.3) is 0 Å². The maximum absolute atomic E-state index is 11.7. The molecule has 1 aliphatic rings. The lowest BCUT2D eigenvalue weighted by molar-refractivity contribution is 0.384. The second kappa shape index (κ2) is 5.66. The molecule has 0 aromatic carbocycles. The number of sulfonamides is 1. The van der Waals surface area contributed by atoms with Gasteiger partial charge in [-0.05, 0) is 29.5 Å². The summed E-state index contributed by atoms with van der Waals surface area (Å²) in [5.74, 6) is 1.03. The highest BCUT2D eigenvalue weighted by molar-refractivity contribution is 14.1. The third-order valence-corrected chi connectivity index (χ3v) is 5.41. The summed E-state index contributed by atoms with van der Waals surface area (Å²) in [6.45, 7) is 4.07. The Morgan fingerprint density at radius 1 is 1.28 bits per heavy atom. The van der Waals surface area contributed by atoms with Gasteiger partial charge < -0.3 is 4.90 Å². The molecule has 0 unspecified atom stereocenters. The fraction of sp³-hybridized carbons (Fsp3) is 0.600. The first-order chi connectivity index (χ1) is 8.53. The number of halogens is 1. The standard InChI is InChI=1S/C10H15IN4O2S/c1-2-18(16,17)15-5-3-14(4-6-15)10-7-9(11)12-8-13-10/h7-8H,2-6H2,1H3. The Kier molecular flexibility index (Phi) is 4.38. The molecular formula is C10H15IN4O2S. The Morgan fingerprint density at radius 2 is 1.94 bits per heavy atom. The summed E-state index contributed by atoms with van der Waals surface area (Å²) in [4.78, 5) is 10.3. The molecule has 2 heterocycles. The quantitative estimate of drug-likeness (QED) is 0.565. The molecule has 2 rings (SSSR count). The summed E-state index contributed by atoms with van der Waals surface area (Å²) in [7, 11) is -3.06. The Bertz CT molecular complexity index is 514. The molecule has 1 saturated heterocycles. The second-order valence-corrected chi connectivity index (χ2v) is 7.35. The minimum Gasteiger partial charge on any atom is -0.354 e. The number of rotatable bonds is 3. The van der Waals surface area contributed by atoms with Crippen molar-refractivity contribution in [1.29, 1.82) is 0 Å². The normalized spacial score (nSPS) is 18.0. The molecule has 6 nitrogen and oxygen atoms in total. The van der Waals surface area contributed by atoms with Gasteiger partial charge in [0.25, 0.3) is 0 Å². The monoisotopic (exact) mass is 382 g/mol. The maximum Gasteiger partial charge on any atom is 0.213 e. The molecule has 1 aromatic rings. The molecule has 0 atom stereocenters. The van der Waals surface area contributed by atoms with Crippen molar-refractivity contribution in [2.24, 2.45) is 0 Å². The zero-order chi connectivity index (χ0) is 13.2. The second-order valence-electron chi connectivity index (χ2n) is 3.99. The van der Waals surface area contributed by atoms with Crippen LogP contribution in [0.4, 0.5) is 5.82 Å². The first kappa shape index (κ1) is 13.9. The summed E-state index contributed by atoms with van der Waals surface area (Å²) in [5.41, 5.74) is 0. The van der Waals surface area contributed by atoms with Gasteiger partial charge in [-0.3, -0.25) is 0 Å². The highest BCUT2D eigenvalue weighted by Crippen LogP contribution is 2.16. The predicted octanol–water partition coefficient (Wildman–Crippen LogP) is 0.553. The lowest BCUT2D eigenvalue weighted by Crippen LogP contribution is -2.49. The van der Waals surface area contributed by atoms with Gasteiger partial charge in [-0.15, -0.1) is 0 Å². The number of nitrogens with zero attached hydrogens (tertiary/aromatic N) is 4. The smallest absolute Gasteiger partial charge is 0.213 e. The molecule has 0 amide bonds. The van der Waals surface area contributed by atoms with Crippen molar-refractivity contribution in [3.8, 4) is 0 Å². The van der Waals surface area contributed by atoms with E-state index in [1.54, 1.807) is 11.2 Å². The minimum absolute atomic E-state index is 0.165. The van der Waals surface area contributed by atoms with E-state index in [1.807, 2.05) is 6.07 Å². The van der Waals surface area contributed by atoms with Crippen LogP contribution < -0.4 is 4.90 Å². The molecule has 0 bridgehead atoms. The van der Waals surface area contributed by atoms with Crippen LogP contribution in [0.1, 0.15) is 6.92 Å². The van der Waals surface area contributed by atoms with Crippen molar-refractivity contribution in [3.05, 3.63) is 16.1 Å². The highest BCUT2D eigenvalue weighted by atomic mass is 127. The first-order valence-corrected chi connectivity index (χ1v) is 8.42. The summed E-state index contributed by atoms with van der Waals surface area (Å²) >= 11 is 2.14. The van der Waals surface area contributed by atoms with E-state index >= 15 is 0 Å². The van der Waals surface area contributed by atoms with Gasteiger partial charge in [0.05, 0.1) is 5.75 Å². The SMILES string of the molecule is CCS(=O)(=O)N1CCN(c2cc(I)ncn2)CC1. The summed E-state index contributed by atoms with van der Waals surface area (Å²) in [5, 5.41) is 0. The molecule has 1 aliphatic heterocycles. The molecule has 0 N–H and O–H groups in total. The van der Waals surface area contributed by atoms with E-state index < -0.39 is 10.0 Å². The topological polar surface area (TPSA) is 66.4 Å². The summed E-state index contributed by atoms with van der Waals surface area (Å²) < 4.78 is 25.9. The number of piperazine rings is 1. The zero-order valence-corrected chi connectivity index (χ0v) is 13.1. The van der Waals surface area contributed by atoms with Crippen LogP contribution in [0.15, 0.2) is 12.4 Å². The van der Waals surface area contributed by atoms with Gasteiger partial charge in [0.2, 0.25) is 10.0 Å². The van der Waals surface area contributed by atoms with Gasteiger partial charge in [-0.25, -0.2) is 18.4 Å². The van der Waals surface area contributed by atoms with Crippen LogP contribution in [-0.2, 0) is 10.0 Å². The molecule has 1 fully saturated rings. The van der Waals surface area contributed by atoms with Gasteiger partial charge in [0.1, 0.15) is 15.8 Å². The minimum atomic E-state index is -3.06. The maximum atomic E-state index is 11.7. The molecular weight excluding hydrogens is 367 g/mol. The summed E-state index contributed by atoms with van der Waals surface area (Å²) in [6.07, 6.45) is 1.53. The number of hydrogen-bond acceptors (Lipinski definition) is 5. The van der Waals surface area contributed by atoms with Crippen LogP contribution in [0.3, 0.4) is 0 Å². The van der Waals surface area contributed by atoms with Crippen molar-refractivity contribution in [1.82, 2.24) is 14.3 Å².